The number of fused-ring (bicyclic) bond motifs is 2. The number of likely N-dealkylation sites (tertiary alicyclic amines) is 1. The summed E-state index contributed by atoms with van der Waals surface area (Å²) in [5.74, 6) is -1.50. The highest BCUT2D eigenvalue weighted by Gasteiger charge is 2.48. The Morgan fingerprint density at radius 1 is 1.26 bits per heavy atom. The van der Waals surface area contributed by atoms with Crippen LogP contribution in [0.3, 0.4) is 0 Å². The molecule has 3 aromatic rings. The maximum Gasteiger partial charge on any atom is 0.261 e. The number of para-hydroxylation sites is 1. The van der Waals surface area contributed by atoms with Gasteiger partial charge in [-0.25, -0.2) is 0 Å². The zero-order chi connectivity index (χ0) is 26.9. The van der Waals surface area contributed by atoms with Gasteiger partial charge in [-0.15, -0.1) is 0 Å². The van der Waals surface area contributed by atoms with Gasteiger partial charge in [0.1, 0.15) is 0 Å². The molecule has 2 aromatic carbocycles. The highest BCUT2D eigenvalue weighted by Crippen LogP contribution is 2.43. The van der Waals surface area contributed by atoms with Gasteiger partial charge in [-0.1, -0.05) is 37.3 Å². The largest absolute Gasteiger partial charge is 0.394 e. The molecule has 1 fully saturated rings. The van der Waals surface area contributed by atoms with E-state index in [-0.39, 0.29) is 37.3 Å². The number of benzene rings is 2. The number of rotatable bonds is 8. The lowest BCUT2D eigenvalue weighted by Gasteiger charge is -2.26. The first-order chi connectivity index (χ1) is 18.3. The van der Waals surface area contributed by atoms with Crippen LogP contribution in [0.2, 0.25) is 0 Å². The van der Waals surface area contributed by atoms with Gasteiger partial charge in [-0.05, 0) is 42.7 Å². The molecule has 3 atom stereocenters. The van der Waals surface area contributed by atoms with Crippen LogP contribution in [-0.2, 0) is 26.4 Å². The summed E-state index contributed by atoms with van der Waals surface area (Å²) >= 11 is 0. The number of carbonyl (C=O) groups is 3. The molecule has 0 unspecified atom stereocenters. The van der Waals surface area contributed by atoms with Crippen molar-refractivity contribution in [2.75, 3.05) is 23.8 Å². The minimum Gasteiger partial charge on any atom is -0.394 e. The number of carbonyl (C=O) groups excluding carboxylic acids is 3. The smallest absolute Gasteiger partial charge is 0.261 e. The van der Waals surface area contributed by atoms with E-state index in [1.807, 2.05) is 30.5 Å². The Kier molecular flexibility index (Phi) is 7.05. The third-order valence-corrected chi connectivity index (χ3v) is 7.62. The topological polar surface area (TPSA) is 135 Å². The Morgan fingerprint density at radius 3 is 2.89 bits per heavy atom. The number of aromatic nitrogens is 1. The first kappa shape index (κ1) is 25.7. The first-order valence-corrected chi connectivity index (χ1v) is 12.9. The molecule has 0 saturated carbocycles. The number of aliphatic hydroxyl groups is 2. The molecule has 0 aliphatic carbocycles. The molecule has 9 heteroatoms. The lowest BCUT2D eigenvalue weighted by Crippen LogP contribution is -2.40. The van der Waals surface area contributed by atoms with E-state index in [1.54, 1.807) is 42.2 Å². The minimum atomic E-state index is -1.85. The van der Waals surface area contributed by atoms with E-state index >= 15 is 0 Å². The fourth-order valence-corrected chi connectivity index (χ4v) is 5.48. The standard InChI is InChI=1S/C29H32N4O5/c1-18(6-4-10-27(36)33-13-5-7-21(33)17-34)29(38)23-15-20(11-12-25(23)32-28(29)37)31-26(35)14-19-16-30-24-9-3-2-8-22(19)24/h2-4,6,8-9,11-12,15-16,18,21,30,34,38H,5,7,10,13-14,17H2,1H3,(H,31,35)(H,32,37)/b6-4+/t18-,21+,29+/m1/s1. The van der Waals surface area contributed by atoms with Crippen molar-refractivity contribution < 1.29 is 24.6 Å². The van der Waals surface area contributed by atoms with E-state index in [2.05, 4.69) is 15.6 Å². The van der Waals surface area contributed by atoms with E-state index in [0.717, 1.165) is 29.3 Å². The summed E-state index contributed by atoms with van der Waals surface area (Å²) in [5, 5.41) is 27.6. The maximum absolute atomic E-state index is 12.9. The summed E-state index contributed by atoms with van der Waals surface area (Å²) in [4.78, 5) is 43.1. The summed E-state index contributed by atoms with van der Waals surface area (Å²) in [6.07, 6.45) is 7.10. The van der Waals surface area contributed by atoms with Crippen LogP contribution < -0.4 is 10.6 Å². The molecule has 2 aliphatic heterocycles. The third-order valence-electron chi connectivity index (χ3n) is 7.62. The van der Waals surface area contributed by atoms with E-state index in [4.69, 9.17) is 0 Å². The SMILES string of the molecule is C[C@H](/C=C/CC(=O)N1CCC[C@H]1CO)[C@@]1(O)C(=O)Nc2ccc(NC(=O)Cc3c[nH]c4ccccc34)cc21. The van der Waals surface area contributed by atoms with Gasteiger partial charge in [0.05, 0.1) is 19.1 Å². The normalized spacial score (nSPS) is 21.6. The van der Waals surface area contributed by atoms with Crippen LogP contribution in [0.5, 0.6) is 0 Å². The van der Waals surface area contributed by atoms with E-state index < -0.39 is 17.4 Å². The molecular formula is C29H32N4O5. The summed E-state index contributed by atoms with van der Waals surface area (Å²) in [6.45, 7) is 2.29. The second kappa shape index (κ2) is 10.4. The predicted octanol–water partition coefficient (Wildman–Crippen LogP) is 3.05. The van der Waals surface area contributed by atoms with Gasteiger partial charge in [0, 0.05) is 52.9 Å². The highest BCUT2D eigenvalue weighted by molar-refractivity contribution is 6.06. The quantitative estimate of drug-likeness (QED) is 0.293. The zero-order valence-corrected chi connectivity index (χ0v) is 21.2. The van der Waals surface area contributed by atoms with E-state index in [0.29, 0.717) is 23.5 Å². The summed E-state index contributed by atoms with van der Waals surface area (Å²) in [7, 11) is 0. The zero-order valence-electron chi connectivity index (χ0n) is 21.2. The molecule has 9 nitrogen and oxygen atoms in total. The van der Waals surface area contributed by atoms with Crippen molar-refractivity contribution in [2.24, 2.45) is 5.92 Å². The fourth-order valence-electron chi connectivity index (χ4n) is 5.48. The fraction of sp³-hybridized carbons (Fsp3) is 0.345. The molecule has 5 N–H and O–H groups in total. The Bertz CT molecular complexity index is 1410. The molecule has 0 spiro atoms. The number of hydrogen-bond acceptors (Lipinski definition) is 5. The maximum atomic E-state index is 12.9. The molecule has 0 bridgehead atoms. The molecule has 0 radical (unpaired) electrons. The molecule has 3 amide bonds. The Labute approximate surface area is 220 Å². The van der Waals surface area contributed by atoms with Crippen molar-refractivity contribution in [2.45, 2.75) is 44.2 Å². The average Bonchev–Trinajstić information content (AvgIpc) is 3.61. The monoisotopic (exact) mass is 516 g/mol. The highest BCUT2D eigenvalue weighted by atomic mass is 16.3. The number of nitrogens with one attached hydrogen (secondary N) is 3. The average molecular weight is 517 g/mol. The molecule has 1 saturated heterocycles. The summed E-state index contributed by atoms with van der Waals surface area (Å²) in [6, 6.07) is 12.6. The van der Waals surface area contributed by atoms with Gasteiger partial charge < -0.3 is 30.7 Å². The lowest BCUT2D eigenvalue weighted by molar-refractivity contribution is -0.137. The van der Waals surface area contributed by atoms with Crippen molar-refractivity contribution in [3.8, 4) is 0 Å². The van der Waals surface area contributed by atoms with Crippen LogP contribution in [0.25, 0.3) is 10.9 Å². The van der Waals surface area contributed by atoms with Crippen molar-refractivity contribution in [1.29, 1.82) is 0 Å². The predicted molar refractivity (Wildman–Crippen MR) is 144 cm³/mol. The van der Waals surface area contributed by atoms with Crippen LogP contribution >= 0.6 is 0 Å². The van der Waals surface area contributed by atoms with E-state index in [1.165, 1.54) is 0 Å². The second-order valence-electron chi connectivity index (χ2n) is 10.1. The Hall–Kier alpha value is -3.95. The molecule has 198 valence electrons. The van der Waals surface area contributed by atoms with Crippen LogP contribution in [0, 0.1) is 5.92 Å². The molecule has 5 rings (SSSR count). The number of nitrogens with zero attached hydrogens (tertiary/aromatic N) is 1. The molecular weight excluding hydrogens is 484 g/mol. The second-order valence-corrected chi connectivity index (χ2v) is 10.1. The van der Waals surface area contributed by atoms with Gasteiger partial charge in [0.25, 0.3) is 5.91 Å². The summed E-state index contributed by atoms with van der Waals surface area (Å²) in [5.41, 5.74) is 1.30. The van der Waals surface area contributed by atoms with Gasteiger partial charge in [0.15, 0.2) is 5.60 Å². The summed E-state index contributed by atoms with van der Waals surface area (Å²) < 4.78 is 0. The van der Waals surface area contributed by atoms with Crippen LogP contribution in [0.1, 0.15) is 37.3 Å². The van der Waals surface area contributed by atoms with Gasteiger partial charge in [-0.2, -0.15) is 0 Å². The van der Waals surface area contributed by atoms with Crippen LogP contribution in [0.15, 0.2) is 60.8 Å². The number of aliphatic hydroxyl groups excluding tert-OH is 1. The van der Waals surface area contributed by atoms with Gasteiger partial charge >= 0.3 is 0 Å². The molecule has 1 aromatic heterocycles. The molecule has 2 aliphatic rings. The number of anilines is 2. The Morgan fingerprint density at radius 2 is 2.08 bits per heavy atom. The van der Waals surface area contributed by atoms with Crippen molar-refractivity contribution in [3.63, 3.8) is 0 Å². The van der Waals surface area contributed by atoms with Crippen molar-refractivity contribution in [3.05, 3.63) is 71.9 Å². The number of aromatic amines is 1. The molecule has 3 heterocycles. The number of H-pyrrole nitrogens is 1. The third kappa shape index (κ3) is 4.70. The van der Waals surface area contributed by atoms with Gasteiger partial charge in [-0.3, -0.25) is 14.4 Å². The lowest BCUT2D eigenvalue weighted by atomic mass is 9.82. The van der Waals surface area contributed by atoms with Crippen molar-refractivity contribution >= 4 is 40.0 Å². The molecule has 38 heavy (non-hydrogen) atoms. The van der Waals surface area contributed by atoms with E-state index in [9.17, 15) is 24.6 Å². The van der Waals surface area contributed by atoms with Crippen LogP contribution in [0.4, 0.5) is 11.4 Å². The first-order valence-electron chi connectivity index (χ1n) is 12.9. The number of amides is 3. The van der Waals surface area contributed by atoms with Crippen LogP contribution in [-0.4, -0.2) is 57.0 Å². The Balaban J connectivity index is 1.28. The minimum absolute atomic E-state index is 0.0524. The van der Waals surface area contributed by atoms with Crippen molar-refractivity contribution in [1.82, 2.24) is 9.88 Å². The van der Waals surface area contributed by atoms with Gasteiger partial charge in [0.2, 0.25) is 11.8 Å². The number of hydrogen-bond donors (Lipinski definition) is 5.